The molecule has 1 aromatic rings. The van der Waals surface area contributed by atoms with Gasteiger partial charge in [0.25, 0.3) is 5.91 Å². The molecule has 3 heterocycles. The average Bonchev–Trinajstić information content (AvgIpc) is 3.17. The van der Waals surface area contributed by atoms with E-state index >= 15 is 0 Å². The third-order valence-electron chi connectivity index (χ3n) is 6.29. The number of amidine groups is 1. The molecule has 1 atom stereocenters. The smallest absolute Gasteiger partial charge is 0.392 e. The third kappa shape index (κ3) is 4.20. The number of carbonyl (C=O) groups is 2. The number of guanidine groups is 1. The van der Waals surface area contributed by atoms with Crippen molar-refractivity contribution in [2.75, 3.05) is 60.0 Å². The van der Waals surface area contributed by atoms with E-state index in [9.17, 15) is 14.7 Å². The van der Waals surface area contributed by atoms with Crippen LogP contribution in [0.4, 0.5) is 4.79 Å². The summed E-state index contributed by atoms with van der Waals surface area (Å²) in [4.78, 5) is 37.3. The SMILES string of the molecule is CN1C(=O)C2C(=NC(=[N+]3CCN(CCO)CC3)N2CCCc2ccccc2)N(C)C1=O. The number of fused-ring (bicyclic) bond motifs is 1. The Hall–Kier alpha value is -2.78. The molecule has 2 saturated heterocycles. The van der Waals surface area contributed by atoms with Crippen molar-refractivity contribution >= 4 is 23.7 Å². The van der Waals surface area contributed by atoms with Crippen molar-refractivity contribution in [3.63, 3.8) is 0 Å². The number of amides is 3. The van der Waals surface area contributed by atoms with Crippen LogP contribution in [0.1, 0.15) is 12.0 Å². The molecule has 3 aliphatic heterocycles. The summed E-state index contributed by atoms with van der Waals surface area (Å²) in [5, 5.41) is 9.21. The lowest BCUT2D eigenvalue weighted by Crippen LogP contribution is -2.63. The lowest BCUT2D eigenvalue weighted by molar-refractivity contribution is -0.545. The van der Waals surface area contributed by atoms with E-state index in [-0.39, 0.29) is 18.5 Å². The molecule has 0 aliphatic carbocycles. The molecule has 9 nitrogen and oxygen atoms in total. The number of hydrogen-bond donors (Lipinski definition) is 1. The van der Waals surface area contributed by atoms with Crippen molar-refractivity contribution in [1.29, 1.82) is 0 Å². The van der Waals surface area contributed by atoms with E-state index in [1.54, 1.807) is 7.05 Å². The molecular weight excluding hydrogens is 396 g/mol. The maximum Gasteiger partial charge on any atom is 0.392 e. The fourth-order valence-corrected chi connectivity index (χ4v) is 4.48. The molecule has 3 aliphatic rings. The fourth-order valence-electron chi connectivity index (χ4n) is 4.48. The summed E-state index contributed by atoms with van der Waals surface area (Å²) in [7, 11) is 3.22. The molecule has 31 heavy (non-hydrogen) atoms. The number of piperazine rings is 1. The fraction of sp³-hybridized carbons (Fsp3) is 0.545. The molecule has 3 amide bonds. The van der Waals surface area contributed by atoms with Gasteiger partial charge in [-0.3, -0.25) is 24.1 Å². The predicted octanol–water partition coefficient (Wildman–Crippen LogP) is -0.0979. The van der Waals surface area contributed by atoms with Crippen LogP contribution in [0.15, 0.2) is 35.3 Å². The van der Waals surface area contributed by atoms with Crippen LogP contribution in [-0.4, -0.2) is 119 Å². The summed E-state index contributed by atoms with van der Waals surface area (Å²) in [5.74, 6) is 1.07. The summed E-state index contributed by atoms with van der Waals surface area (Å²) in [6.45, 7) is 4.72. The Morgan fingerprint density at radius 3 is 2.45 bits per heavy atom. The number of benzene rings is 1. The number of urea groups is 1. The minimum atomic E-state index is -0.561. The largest absolute Gasteiger partial charge is 0.395 e. The van der Waals surface area contributed by atoms with Gasteiger partial charge in [0, 0.05) is 33.7 Å². The van der Waals surface area contributed by atoms with Gasteiger partial charge in [-0.1, -0.05) is 35.3 Å². The maximum atomic E-state index is 13.1. The molecule has 0 aromatic heterocycles. The Labute approximate surface area is 182 Å². The maximum absolute atomic E-state index is 13.1. The van der Waals surface area contributed by atoms with Gasteiger partial charge in [0.05, 0.1) is 26.2 Å². The van der Waals surface area contributed by atoms with E-state index < -0.39 is 6.04 Å². The minimum Gasteiger partial charge on any atom is -0.395 e. The number of hydrogen-bond acceptors (Lipinski definition) is 4. The molecular formula is C22H31N6O3+. The number of aryl methyl sites for hydroxylation is 1. The Balaban J connectivity index is 1.58. The van der Waals surface area contributed by atoms with Crippen LogP contribution in [-0.2, 0) is 11.2 Å². The second kappa shape index (κ2) is 9.15. The van der Waals surface area contributed by atoms with Gasteiger partial charge < -0.3 is 5.11 Å². The van der Waals surface area contributed by atoms with Crippen molar-refractivity contribution in [3.05, 3.63) is 35.9 Å². The van der Waals surface area contributed by atoms with Gasteiger partial charge in [0.15, 0.2) is 0 Å². The zero-order chi connectivity index (χ0) is 22.0. The lowest BCUT2D eigenvalue weighted by Gasteiger charge is -2.33. The molecule has 2 fully saturated rings. The number of aliphatic hydroxyl groups is 1. The van der Waals surface area contributed by atoms with E-state index in [0.717, 1.165) is 45.0 Å². The first-order valence-electron chi connectivity index (χ1n) is 10.9. The highest BCUT2D eigenvalue weighted by Crippen LogP contribution is 2.24. The van der Waals surface area contributed by atoms with Gasteiger partial charge in [-0.15, -0.1) is 0 Å². The number of β-amino-alcohol motifs (C(OH)–C–C–N with tert-alkyl or cyclic N) is 1. The average molecular weight is 428 g/mol. The molecule has 1 N–H and O–H groups in total. The molecule has 0 spiro atoms. The van der Waals surface area contributed by atoms with E-state index in [1.807, 2.05) is 18.2 Å². The third-order valence-corrected chi connectivity index (χ3v) is 6.29. The zero-order valence-corrected chi connectivity index (χ0v) is 18.3. The second-order valence-electron chi connectivity index (χ2n) is 8.25. The standard InChI is InChI=1S/C22H31N6O3/c1-24-19-18(20(30)25(2)22(24)31)28(10-6-9-17-7-4-3-5-8-17)21(23-19)27-13-11-26(12-14-27)15-16-29/h3-5,7-8,18,29H,6,9-16H2,1-2H3/q+1. The number of nitrogens with zero attached hydrogens (tertiary/aromatic N) is 6. The van der Waals surface area contributed by atoms with Gasteiger partial charge in [-0.25, -0.2) is 9.69 Å². The van der Waals surface area contributed by atoms with Crippen LogP contribution in [0.3, 0.4) is 0 Å². The Kier molecular flexibility index (Phi) is 6.33. The van der Waals surface area contributed by atoms with Crippen LogP contribution in [0.2, 0.25) is 0 Å². The van der Waals surface area contributed by atoms with E-state index in [4.69, 9.17) is 4.99 Å². The summed E-state index contributed by atoms with van der Waals surface area (Å²) in [6.07, 6.45) is 1.79. The first-order chi connectivity index (χ1) is 15.0. The van der Waals surface area contributed by atoms with Crippen molar-refractivity contribution in [3.8, 4) is 0 Å². The molecule has 0 saturated carbocycles. The molecule has 0 bridgehead atoms. The van der Waals surface area contributed by atoms with Crippen molar-refractivity contribution in [2.24, 2.45) is 4.99 Å². The van der Waals surface area contributed by atoms with Crippen molar-refractivity contribution in [2.45, 2.75) is 18.9 Å². The van der Waals surface area contributed by atoms with Crippen LogP contribution < -0.4 is 0 Å². The van der Waals surface area contributed by atoms with E-state index in [1.165, 1.54) is 22.4 Å². The summed E-state index contributed by atoms with van der Waals surface area (Å²) < 4.78 is 2.20. The highest BCUT2D eigenvalue weighted by Gasteiger charge is 2.55. The minimum absolute atomic E-state index is 0.153. The van der Waals surface area contributed by atoms with Crippen LogP contribution >= 0.6 is 0 Å². The highest BCUT2D eigenvalue weighted by atomic mass is 16.3. The molecule has 4 rings (SSSR count). The van der Waals surface area contributed by atoms with Crippen molar-refractivity contribution < 1.29 is 19.3 Å². The normalized spacial score (nSPS) is 22.4. The Morgan fingerprint density at radius 2 is 1.77 bits per heavy atom. The van der Waals surface area contributed by atoms with Gasteiger partial charge in [0.2, 0.25) is 11.9 Å². The summed E-state index contributed by atoms with van der Waals surface area (Å²) in [6, 6.07) is 9.40. The topological polar surface area (TPSA) is 82.7 Å². The number of aliphatic imine (C=N–C) groups is 1. The van der Waals surface area contributed by atoms with Crippen LogP contribution in [0, 0.1) is 0 Å². The molecule has 0 radical (unpaired) electrons. The van der Waals surface area contributed by atoms with Gasteiger partial charge in [-0.05, 0) is 18.4 Å². The van der Waals surface area contributed by atoms with E-state index in [0.29, 0.717) is 18.9 Å². The van der Waals surface area contributed by atoms with Gasteiger partial charge in [0.1, 0.15) is 0 Å². The lowest BCUT2D eigenvalue weighted by atomic mass is 10.1. The van der Waals surface area contributed by atoms with Crippen LogP contribution in [0.5, 0.6) is 0 Å². The quantitative estimate of drug-likeness (QED) is 0.642. The van der Waals surface area contributed by atoms with Gasteiger partial charge in [-0.2, -0.15) is 0 Å². The first kappa shape index (κ1) is 21.5. The van der Waals surface area contributed by atoms with Crippen molar-refractivity contribution in [1.82, 2.24) is 19.6 Å². The molecule has 1 aromatic carbocycles. The second-order valence-corrected chi connectivity index (χ2v) is 8.25. The van der Waals surface area contributed by atoms with E-state index in [2.05, 4.69) is 26.5 Å². The monoisotopic (exact) mass is 427 g/mol. The number of likely N-dealkylation sites (N-methyl/N-ethyl adjacent to an activating group) is 2. The van der Waals surface area contributed by atoms with Crippen LogP contribution in [0.25, 0.3) is 0 Å². The number of aliphatic hydroxyl groups excluding tert-OH is 1. The predicted molar refractivity (Wildman–Crippen MR) is 117 cm³/mol. The molecule has 1 unspecified atom stereocenters. The molecule has 9 heteroatoms. The Bertz CT molecular complexity index is 890. The number of carbonyl (C=O) groups excluding carboxylic acids is 2. The zero-order valence-electron chi connectivity index (χ0n) is 18.3. The summed E-state index contributed by atoms with van der Waals surface area (Å²) in [5.41, 5.74) is 1.27. The number of imide groups is 1. The molecule has 166 valence electrons. The Morgan fingerprint density at radius 1 is 1.06 bits per heavy atom. The summed E-state index contributed by atoms with van der Waals surface area (Å²) >= 11 is 0. The first-order valence-corrected chi connectivity index (χ1v) is 10.9. The highest BCUT2D eigenvalue weighted by molar-refractivity contribution is 6.25. The van der Waals surface area contributed by atoms with Gasteiger partial charge >= 0.3 is 12.0 Å². The number of rotatable bonds is 6.